The largest absolute Gasteiger partial charge is 0.469 e. The molecule has 0 fully saturated rings. The van der Waals surface area contributed by atoms with E-state index in [-0.39, 0.29) is 5.97 Å². The van der Waals surface area contributed by atoms with Crippen molar-refractivity contribution in [1.29, 1.82) is 0 Å². The summed E-state index contributed by atoms with van der Waals surface area (Å²) in [4.78, 5) is 15.5. The van der Waals surface area contributed by atoms with Crippen LogP contribution in [0, 0.1) is 0 Å². The molecule has 0 aromatic heterocycles. The predicted molar refractivity (Wildman–Crippen MR) is 96.7 cm³/mol. The molecule has 0 unspecified atom stereocenters. The van der Waals surface area contributed by atoms with Crippen LogP contribution in [0.5, 0.6) is 0 Å². The number of carbonyl (C=O) groups excluding carboxylic acids is 1. The van der Waals surface area contributed by atoms with E-state index in [9.17, 15) is 4.79 Å². The summed E-state index contributed by atoms with van der Waals surface area (Å²) in [6, 6.07) is 0. The van der Waals surface area contributed by atoms with E-state index in [2.05, 4.69) is 33.5 Å². The Balaban J connectivity index is 3.66. The van der Waals surface area contributed by atoms with E-state index in [1.807, 2.05) is 11.8 Å². The number of rotatable bonds is 13. The Bertz CT molecular complexity index is 299. The van der Waals surface area contributed by atoms with Crippen LogP contribution in [-0.4, -0.2) is 50.7 Å². The summed E-state index contributed by atoms with van der Waals surface area (Å²) in [5.41, 5.74) is 0. The minimum Gasteiger partial charge on any atom is -0.469 e. The van der Waals surface area contributed by atoms with Gasteiger partial charge in [0.15, 0.2) is 5.96 Å². The van der Waals surface area contributed by atoms with Crippen LogP contribution in [0.3, 0.4) is 0 Å². The van der Waals surface area contributed by atoms with Gasteiger partial charge in [-0.2, -0.15) is 11.8 Å². The molecule has 0 aromatic rings. The van der Waals surface area contributed by atoms with Gasteiger partial charge in [0.25, 0.3) is 0 Å². The summed E-state index contributed by atoms with van der Waals surface area (Å²) in [6.45, 7) is 4.78. The first kappa shape index (κ1) is 21.1. The quantitative estimate of drug-likeness (QED) is 0.235. The lowest BCUT2D eigenvalue weighted by Gasteiger charge is -2.11. The molecule has 5 nitrogen and oxygen atoms in total. The van der Waals surface area contributed by atoms with Crippen molar-refractivity contribution in [2.24, 2.45) is 4.99 Å². The van der Waals surface area contributed by atoms with Crippen molar-refractivity contribution in [3.05, 3.63) is 0 Å². The van der Waals surface area contributed by atoms with Crippen LogP contribution in [0.2, 0.25) is 0 Å². The molecule has 0 bridgehead atoms. The second kappa shape index (κ2) is 16.5. The van der Waals surface area contributed by atoms with Gasteiger partial charge in [0, 0.05) is 26.1 Å². The van der Waals surface area contributed by atoms with Crippen LogP contribution in [0.4, 0.5) is 0 Å². The number of thioether (sulfide) groups is 1. The summed E-state index contributed by atoms with van der Waals surface area (Å²) >= 11 is 1.89. The zero-order valence-electron chi connectivity index (χ0n) is 14.5. The molecule has 2 N–H and O–H groups in total. The first-order valence-electron chi connectivity index (χ1n) is 8.32. The number of methoxy groups -OCH3 is 1. The SMILES string of the molecule is CCNC(=NCCCCCCC(=O)OC)NCCCCSC. The molecule has 0 aliphatic rings. The van der Waals surface area contributed by atoms with Gasteiger partial charge in [-0.3, -0.25) is 9.79 Å². The molecule has 0 amide bonds. The van der Waals surface area contributed by atoms with Crippen molar-refractivity contribution in [2.75, 3.05) is 38.8 Å². The molecule has 0 aromatic carbocycles. The lowest BCUT2D eigenvalue weighted by molar-refractivity contribution is -0.140. The lowest BCUT2D eigenvalue weighted by atomic mass is 10.1. The minimum atomic E-state index is -0.113. The molecule has 0 radical (unpaired) electrons. The van der Waals surface area contributed by atoms with Crippen LogP contribution in [0.1, 0.15) is 51.9 Å². The molecule has 0 aliphatic carbocycles. The molecule has 22 heavy (non-hydrogen) atoms. The maximum atomic E-state index is 11.0. The fourth-order valence-corrected chi connectivity index (χ4v) is 2.44. The number of ether oxygens (including phenoxy) is 1. The smallest absolute Gasteiger partial charge is 0.305 e. The van der Waals surface area contributed by atoms with Crippen LogP contribution in [0.15, 0.2) is 4.99 Å². The van der Waals surface area contributed by atoms with Gasteiger partial charge in [-0.15, -0.1) is 0 Å². The number of unbranched alkanes of at least 4 members (excludes halogenated alkanes) is 4. The van der Waals surface area contributed by atoms with Crippen LogP contribution >= 0.6 is 11.8 Å². The maximum absolute atomic E-state index is 11.0. The van der Waals surface area contributed by atoms with Crippen LogP contribution < -0.4 is 10.6 Å². The van der Waals surface area contributed by atoms with E-state index in [4.69, 9.17) is 0 Å². The predicted octanol–water partition coefficient (Wildman–Crippen LogP) is 2.81. The number of guanidine groups is 1. The summed E-state index contributed by atoms with van der Waals surface area (Å²) in [5.74, 6) is 2.03. The van der Waals surface area contributed by atoms with Crippen molar-refractivity contribution in [3.63, 3.8) is 0 Å². The van der Waals surface area contributed by atoms with Crippen molar-refractivity contribution in [2.45, 2.75) is 51.9 Å². The van der Waals surface area contributed by atoms with Gasteiger partial charge in [-0.05, 0) is 44.6 Å². The van der Waals surface area contributed by atoms with Crippen molar-refractivity contribution >= 4 is 23.7 Å². The first-order chi connectivity index (χ1) is 10.7. The number of hydrogen-bond donors (Lipinski definition) is 2. The monoisotopic (exact) mass is 331 g/mol. The third-order valence-corrected chi connectivity index (χ3v) is 3.90. The van der Waals surface area contributed by atoms with E-state index < -0.39 is 0 Å². The average Bonchev–Trinajstić information content (AvgIpc) is 2.53. The van der Waals surface area contributed by atoms with Gasteiger partial charge in [0.2, 0.25) is 0 Å². The number of nitrogens with zero attached hydrogens (tertiary/aromatic N) is 1. The van der Waals surface area contributed by atoms with Gasteiger partial charge in [-0.1, -0.05) is 12.8 Å². The lowest BCUT2D eigenvalue weighted by Crippen LogP contribution is -2.37. The van der Waals surface area contributed by atoms with Crippen molar-refractivity contribution in [1.82, 2.24) is 10.6 Å². The Kier molecular flexibility index (Phi) is 15.8. The fourth-order valence-electron chi connectivity index (χ4n) is 1.95. The maximum Gasteiger partial charge on any atom is 0.305 e. The van der Waals surface area contributed by atoms with E-state index in [0.717, 1.165) is 51.3 Å². The Morgan fingerprint density at radius 3 is 2.55 bits per heavy atom. The number of nitrogens with one attached hydrogen (secondary N) is 2. The molecule has 0 atom stereocenters. The highest BCUT2D eigenvalue weighted by Crippen LogP contribution is 2.04. The minimum absolute atomic E-state index is 0.113. The van der Waals surface area contributed by atoms with E-state index in [0.29, 0.717) is 6.42 Å². The molecule has 0 rings (SSSR count). The van der Waals surface area contributed by atoms with Gasteiger partial charge in [0.1, 0.15) is 0 Å². The van der Waals surface area contributed by atoms with Gasteiger partial charge in [0.05, 0.1) is 7.11 Å². The Hall–Kier alpha value is -0.910. The highest BCUT2D eigenvalue weighted by atomic mass is 32.2. The van der Waals surface area contributed by atoms with Crippen LogP contribution in [0.25, 0.3) is 0 Å². The molecule has 0 saturated heterocycles. The first-order valence-corrected chi connectivity index (χ1v) is 9.71. The number of esters is 1. The molecule has 0 heterocycles. The highest BCUT2D eigenvalue weighted by Gasteiger charge is 1.99. The van der Waals surface area contributed by atoms with Crippen molar-refractivity contribution < 1.29 is 9.53 Å². The summed E-state index contributed by atoms with van der Waals surface area (Å²) in [7, 11) is 1.44. The normalized spacial score (nSPS) is 11.3. The Morgan fingerprint density at radius 1 is 1.09 bits per heavy atom. The summed E-state index contributed by atoms with van der Waals surface area (Å²) in [5, 5.41) is 6.64. The molecule has 0 spiro atoms. The fraction of sp³-hybridized carbons (Fsp3) is 0.875. The third kappa shape index (κ3) is 14.0. The molecule has 0 saturated carbocycles. The van der Waals surface area contributed by atoms with Gasteiger partial charge < -0.3 is 15.4 Å². The van der Waals surface area contributed by atoms with E-state index in [1.165, 1.54) is 25.7 Å². The number of hydrogen-bond acceptors (Lipinski definition) is 4. The highest BCUT2D eigenvalue weighted by molar-refractivity contribution is 7.98. The van der Waals surface area contributed by atoms with E-state index in [1.54, 1.807) is 0 Å². The second-order valence-corrected chi connectivity index (χ2v) is 6.11. The van der Waals surface area contributed by atoms with Gasteiger partial charge in [-0.25, -0.2) is 0 Å². The zero-order chi connectivity index (χ0) is 16.5. The van der Waals surface area contributed by atoms with Gasteiger partial charge >= 0.3 is 5.97 Å². The summed E-state index contributed by atoms with van der Waals surface area (Å²) < 4.78 is 4.62. The molecular formula is C16H33N3O2S. The Labute approximate surface area is 140 Å². The number of carbonyl (C=O) groups is 1. The average molecular weight is 332 g/mol. The molecule has 0 aliphatic heterocycles. The summed E-state index contributed by atoms with van der Waals surface area (Å²) in [6.07, 6.45) is 9.22. The Morgan fingerprint density at radius 2 is 1.86 bits per heavy atom. The zero-order valence-corrected chi connectivity index (χ0v) is 15.3. The van der Waals surface area contributed by atoms with E-state index >= 15 is 0 Å². The molecule has 130 valence electrons. The second-order valence-electron chi connectivity index (χ2n) is 5.13. The van der Waals surface area contributed by atoms with Crippen LogP contribution in [-0.2, 0) is 9.53 Å². The molecular weight excluding hydrogens is 298 g/mol. The molecule has 6 heteroatoms. The number of aliphatic imine (C=N–C) groups is 1. The topological polar surface area (TPSA) is 62.7 Å². The van der Waals surface area contributed by atoms with Crippen molar-refractivity contribution in [3.8, 4) is 0 Å². The standard InChI is InChI=1S/C16H33N3O2S/c1-4-17-16(19-13-9-10-14-22-3)18-12-8-6-5-7-11-15(20)21-2/h4-14H2,1-3H3,(H2,17,18,19). The third-order valence-electron chi connectivity index (χ3n) is 3.20.